The highest BCUT2D eigenvalue weighted by atomic mass is 15.3. The molecular weight excluding hydrogens is 138 g/mol. The molecule has 1 unspecified atom stereocenters. The third kappa shape index (κ3) is 3.18. The minimum Gasteiger partial charge on any atom is -0.302 e. The maximum absolute atomic E-state index is 3.79. The Morgan fingerprint density at radius 3 is 3.18 bits per heavy atom. The van der Waals surface area contributed by atoms with Crippen molar-refractivity contribution in [2.24, 2.45) is 0 Å². The van der Waals surface area contributed by atoms with E-state index >= 15 is 0 Å². The predicted octanol–water partition coefficient (Wildman–Crippen LogP) is -0.339. The fourth-order valence-corrected chi connectivity index (χ4v) is 1.31. The fraction of sp³-hybridized carbons (Fsp3) is 0.875. The van der Waals surface area contributed by atoms with Crippen LogP contribution < -0.4 is 10.6 Å². The van der Waals surface area contributed by atoms with Crippen molar-refractivity contribution in [2.45, 2.75) is 12.6 Å². The van der Waals surface area contributed by atoms with Crippen LogP contribution in [0.1, 0.15) is 6.42 Å². The van der Waals surface area contributed by atoms with Gasteiger partial charge in [-0.1, -0.05) is 6.92 Å². The van der Waals surface area contributed by atoms with Crippen molar-refractivity contribution in [3.05, 3.63) is 6.92 Å². The lowest BCUT2D eigenvalue weighted by Gasteiger charge is -2.31. The average Bonchev–Trinajstić information content (AvgIpc) is 2.01. The second-order valence-corrected chi connectivity index (χ2v) is 3.08. The molecule has 65 valence electrons. The lowest BCUT2D eigenvalue weighted by atomic mass is 10.3. The second kappa shape index (κ2) is 4.70. The molecule has 11 heavy (non-hydrogen) atoms. The van der Waals surface area contributed by atoms with Crippen LogP contribution >= 0.6 is 0 Å². The second-order valence-electron chi connectivity index (χ2n) is 3.08. The maximum Gasteiger partial charge on any atom is 0.0703 e. The van der Waals surface area contributed by atoms with Gasteiger partial charge in [-0.2, -0.15) is 0 Å². The van der Waals surface area contributed by atoms with E-state index in [1.807, 2.05) is 0 Å². The van der Waals surface area contributed by atoms with Crippen LogP contribution in [0, 0.1) is 6.92 Å². The van der Waals surface area contributed by atoms with Crippen LogP contribution in [0.3, 0.4) is 0 Å². The van der Waals surface area contributed by atoms with Crippen LogP contribution in [0.4, 0.5) is 0 Å². The molecule has 1 saturated heterocycles. The van der Waals surface area contributed by atoms with Crippen molar-refractivity contribution in [1.29, 1.82) is 0 Å². The van der Waals surface area contributed by atoms with Gasteiger partial charge in [-0.25, -0.2) is 0 Å². The highest BCUT2D eigenvalue weighted by Gasteiger charge is 2.14. The maximum atomic E-state index is 3.79. The molecule has 0 bridgehead atoms. The van der Waals surface area contributed by atoms with Gasteiger partial charge in [0.15, 0.2) is 0 Å². The summed E-state index contributed by atoms with van der Waals surface area (Å²) in [4.78, 5) is 2.33. The summed E-state index contributed by atoms with van der Waals surface area (Å²) in [7, 11) is 2.15. The van der Waals surface area contributed by atoms with Crippen LogP contribution in [0.5, 0.6) is 0 Å². The first-order chi connectivity index (χ1) is 5.33. The van der Waals surface area contributed by atoms with E-state index in [2.05, 4.69) is 29.5 Å². The molecule has 2 N–H and O–H groups in total. The molecule has 0 aromatic heterocycles. The third-order valence-electron chi connectivity index (χ3n) is 1.95. The Balaban J connectivity index is 2.12. The number of likely N-dealkylation sites (N-methyl/N-ethyl adjacent to an activating group) is 1. The monoisotopic (exact) mass is 156 g/mol. The van der Waals surface area contributed by atoms with E-state index < -0.39 is 0 Å². The summed E-state index contributed by atoms with van der Waals surface area (Å²) in [5.41, 5.74) is 0. The molecular formula is C8H18N3. The van der Waals surface area contributed by atoms with Crippen LogP contribution in [-0.4, -0.2) is 44.3 Å². The van der Waals surface area contributed by atoms with E-state index in [4.69, 9.17) is 0 Å². The van der Waals surface area contributed by atoms with E-state index in [1.165, 1.54) is 0 Å². The molecule has 0 aliphatic carbocycles. The molecule has 1 heterocycles. The van der Waals surface area contributed by atoms with Crippen LogP contribution in [-0.2, 0) is 0 Å². The quantitative estimate of drug-likeness (QED) is 0.585. The minimum absolute atomic E-state index is 0.468. The molecule has 0 spiro atoms. The van der Waals surface area contributed by atoms with Crippen LogP contribution in [0.2, 0.25) is 0 Å². The van der Waals surface area contributed by atoms with Gasteiger partial charge in [0.05, 0.1) is 6.17 Å². The molecule has 3 nitrogen and oxygen atoms in total. The van der Waals surface area contributed by atoms with Crippen LogP contribution in [0.25, 0.3) is 0 Å². The Morgan fingerprint density at radius 2 is 2.55 bits per heavy atom. The highest BCUT2D eigenvalue weighted by Crippen LogP contribution is 1.92. The Bertz CT molecular complexity index is 106. The summed E-state index contributed by atoms with van der Waals surface area (Å²) in [5, 5.41) is 6.79. The SMILES string of the molecule is [CH2]CCNC1CN(C)CCN1. The molecule has 1 radical (unpaired) electrons. The van der Waals surface area contributed by atoms with Gasteiger partial charge >= 0.3 is 0 Å². The van der Waals surface area contributed by atoms with Gasteiger partial charge in [-0.3, -0.25) is 5.32 Å². The number of nitrogens with zero attached hydrogens (tertiary/aromatic N) is 1. The van der Waals surface area contributed by atoms with Gasteiger partial charge in [0, 0.05) is 19.6 Å². The van der Waals surface area contributed by atoms with Crippen molar-refractivity contribution in [3.8, 4) is 0 Å². The number of piperazine rings is 1. The number of rotatable bonds is 3. The first-order valence-corrected chi connectivity index (χ1v) is 4.27. The predicted molar refractivity (Wildman–Crippen MR) is 47.3 cm³/mol. The first-order valence-electron chi connectivity index (χ1n) is 4.27. The minimum atomic E-state index is 0.468. The average molecular weight is 156 g/mol. The largest absolute Gasteiger partial charge is 0.302 e. The van der Waals surface area contributed by atoms with Crippen molar-refractivity contribution < 1.29 is 0 Å². The van der Waals surface area contributed by atoms with E-state index in [0.717, 1.165) is 32.6 Å². The Labute approximate surface area is 69.1 Å². The molecule has 1 atom stereocenters. The highest BCUT2D eigenvalue weighted by molar-refractivity contribution is 4.74. The van der Waals surface area contributed by atoms with Crippen molar-refractivity contribution in [3.63, 3.8) is 0 Å². The molecule has 0 amide bonds. The van der Waals surface area contributed by atoms with Gasteiger partial charge in [0.1, 0.15) is 0 Å². The van der Waals surface area contributed by atoms with Gasteiger partial charge in [-0.05, 0) is 20.0 Å². The van der Waals surface area contributed by atoms with Crippen molar-refractivity contribution in [2.75, 3.05) is 33.2 Å². The van der Waals surface area contributed by atoms with Crippen LogP contribution in [0.15, 0.2) is 0 Å². The Morgan fingerprint density at radius 1 is 1.73 bits per heavy atom. The standard InChI is InChI=1S/C8H18N3/c1-3-4-9-8-7-11(2)6-5-10-8/h8-10H,1,3-7H2,2H3. The number of hydrogen-bond donors (Lipinski definition) is 2. The Hall–Kier alpha value is -0.120. The smallest absolute Gasteiger partial charge is 0.0703 e. The van der Waals surface area contributed by atoms with E-state index in [0.29, 0.717) is 6.17 Å². The molecule has 1 aliphatic heterocycles. The lowest BCUT2D eigenvalue weighted by molar-refractivity contribution is 0.216. The molecule has 0 saturated carbocycles. The zero-order chi connectivity index (χ0) is 8.10. The fourth-order valence-electron chi connectivity index (χ4n) is 1.31. The molecule has 0 aromatic rings. The summed E-state index contributed by atoms with van der Waals surface area (Å²) in [6.07, 6.45) is 1.43. The summed E-state index contributed by atoms with van der Waals surface area (Å²) >= 11 is 0. The van der Waals surface area contributed by atoms with Gasteiger partial charge in [0.2, 0.25) is 0 Å². The zero-order valence-corrected chi connectivity index (χ0v) is 7.27. The van der Waals surface area contributed by atoms with Crippen molar-refractivity contribution >= 4 is 0 Å². The summed E-state index contributed by atoms with van der Waals surface area (Å²) in [6, 6.07) is 0. The van der Waals surface area contributed by atoms with Gasteiger partial charge in [0.25, 0.3) is 0 Å². The summed E-state index contributed by atoms with van der Waals surface area (Å²) in [6.45, 7) is 8.13. The molecule has 1 rings (SSSR count). The molecule has 1 fully saturated rings. The molecule has 3 heteroatoms. The molecule has 0 aromatic carbocycles. The van der Waals surface area contributed by atoms with E-state index in [9.17, 15) is 0 Å². The third-order valence-corrected chi connectivity index (χ3v) is 1.95. The molecule has 1 aliphatic rings. The summed E-state index contributed by atoms with van der Waals surface area (Å²) < 4.78 is 0. The number of hydrogen-bond acceptors (Lipinski definition) is 3. The van der Waals surface area contributed by atoms with E-state index in [-0.39, 0.29) is 0 Å². The summed E-state index contributed by atoms with van der Waals surface area (Å²) in [5.74, 6) is 0. The van der Waals surface area contributed by atoms with E-state index in [1.54, 1.807) is 0 Å². The van der Waals surface area contributed by atoms with Crippen molar-refractivity contribution in [1.82, 2.24) is 15.5 Å². The topological polar surface area (TPSA) is 27.3 Å². The number of nitrogens with one attached hydrogen (secondary N) is 2. The first kappa shape index (κ1) is 8.97. The van der Waals surface area contributed by atoms with Gasteiger partial charge in [-0.15, -0.1) is 0 Å². The normalized spacial score (nSPS) is 27.3. The lowest BCUT2D eigenvalue weighted by Crippen LogP contribution is -2.56. The Kier molecular flexibility index (Phi) is 3.83. The van der Waals surface area contributed by atoms with Gasteiger partial charge < -0.3 is 10.2 Å². The zero-order valence-electron chi connectivity index (χ0n) is 7.27.